The first-order valence-electron chi connectivity index (χ1n) is 9.75. The van der Waals surface area contributed by atoms with Crippen LogP contribution >= 0.6 is 0 Å². The molecule has 29 heavy (non-hydrogen) atoms. The number of hydrogen-bond donors (Lipinski definition) is 2. The van der Waals surface area contributed by atoms with E-state index in [1.165, 1.54) is 0 Å². The molecule has 1 atom stereocenters. The number of methoxy groups -OCH3 is 1. The molecule has 1 aromatic carbocycles. The number of carbonyl (C=O) groups is 1. The standard InChI is InChI=1S/C21H25N5O3/c1-14-10-17(25-29-14)13-26-9-3-4-16(12-26)20-19(11-22-24-20)23-21(27)15-5-7-18(28-2)8-6-15/h5-8,10-11,16H,3-4,9,12-13H2,1-2H3,(H,22,24)(H,23,27)/t16-/m1/s1. The molecule has 1 saturated heterocycles. The van der Waals surface area contributed by atoms with Crippen LogP contribution in [0.3, 0.4) is 0 Å². The first kappa shape index (κ1) is 19.2. The van der Waals surface area contributed by atoms with Crippen molar-refractivity contribution in [3.8, 4) is 5.75 Å². The van der Waals surface area contributed by atoms with Crippen LogP contribution in [0.2, 0.25) is 0 Å². The molecule has 1 amide bonds. The van der Waals surface area contributed by atoms with Crippen molar-refractivity contribution >= 4 is 11.6 Å². The first-order valence-corrected chi connectivity index (χ1v) is 9.75. The smallest absolute Gasteiger partial charge is 0.255 e. The number of anilines is 1. The minimum Gasteiger partial charge on any atom is -0.497 e. The number of aromatic amines is 1. The molecule has 1 aliphatic rings. The lowest BCUT2D eigenvalue weighted by molar-refractivity contribution is 0.102. The summed E-state index contributed by atoms with van der Waals surface area (Å²) in [7, 11) is 1.60. The van der Waals surface area contributed by atoms with Crippen LogP contribution in [-0.4, -0.2) is 46.4 Å². The summed E-state index contributed by atoms with van der Waals surface area (Å²) in [5.74, 6) is 1.65. The van der Waals surface area contributed by atoms with Crippen molar-refractivity contribution in [1.82, 2.24) is 20.3 Å². The zero-order valence-electron chi connectivity index (χ0n) is 16.6. The summed E-state index contributed by atoms with van der Waals surface area (Å²) in [4.78, 5) is 15.0. The van der Waals surface area contributed by atoms with Crippen LogP contribution in [0.1, 0.15) is 46.3 Å². The van der Waals surface area contributed by atoms with E-state index in [0.717, 1.165) is 61.1 Å². The Balaban J connectivity index is 1.43. The molecule has 152 valence electrons. The Bertz CT molecular complexity index is 963. The lowest BCUT2D eigenvalue weighted by Crippen LogP contribution is -2.34. The lowest BCUT2D eigenvalue weighted by atomic mass is 9.94. The van der Waals surface area contributed by atoms with E-state index in [9.17, 15) is 4.79 Å². The topological polar surface area (TPSA) is 96.3 Å². The van der Waals surface area contributed by atoms with Gasteiger partial charge in [-0.05, 0) is 50.6 Å². The van der Waals surface area contributed by atoms with Gasteiger partial charge >= 0.3 is 0 Å². The third-order valence-corrected chi connectivity index (χ3v) is 5.25. The molecule has 1 fully saturated rings. The number of aromatic nitrogens is 3. The van der Waals surface area contributed by atoms with Crippen molar-refractivity contribution in [3.05, 3.63) is 59.2 Å². The predicted molar refractivity (Wildman–Crippen MR) is 108 cm³/mol. The second-order valence-corrected chi connectivity index (χ2v) is 7.38. The van der Waals surface area contributed by atoms with E-state index in [0.29, 0.717) is 5.56 Å². The van der Waals surface area contributed by atoms with E-state index in [-0.39, 0.29) is 11.8 Å². The highest BCUT2D eigenvalue weighted by Gasteiger charge is 2.26. The number of ether oxygens (including phenoxy) is 1. The molecule has 2 aromatic heterocycles. The fraction of sp³-hybridized carbons (Fsp3) is 0.381. The predicted octanol–water partition coefficient (Wildman–Crippen LogP) is 3.35. The van der Waals surface area contributed by atoms with Gasteiger partial charge in [-0.2, -0.15) is 5.10 Å². The summed E-state index contributed by atoms with van der Waals surface area (Å²) in [6.45, 7) is 4.55. The Labute approximate surface area is 169 Å². The van der Waals surface area contributed by atoms with Crippen LogP contribution in [0.25, 0.3) is 0 Å². The van der Waals surface area contributed by atoms with Gasteiger partial charge in [0, 0.05) is 30.6 Å². The number of rotatable bonds is 6. The van der Waals surface area contributed by atoms with Gasteiger partial charge in [0.1, 0.15) is 11.5 Å². The normalized spacial score (nSPS) is 17.2. The molecule has 0 saturated carbocycles. The maximum atomic E-state index is 12.6. The summed E-state index contributed by atoms with van der Waals surface area (Å²) < 4.78 is 10.3. The Morgan fingerprint density at radius 1 is 1.38 bits per heavy atom. The van der Waals surface area contributed by atoms with E-state index >= 15 is 0 Å². The van der Waals surface area contributed by atoms with Crippen molar-refractivity contribution in [2.75, 3.05) is 25.5 Å². The van der Waals surface area contributed by atoms with Crippen molar-refractivity contribution < 1.29 is 14.1 Å². The molecule has 8 heteroatoms. The monoisotopic (exact) mass is 395 g/mol. The second-order valence-electron chi connectivity index (χ2n) is 7.38. The molecule has 0 bridgehead atoms. The highest BCUT2D eigenvalue weighted by Crippen LogP contribution is 2.31. The van der Waals surface area contributed by atoms with E-state index in [2.05, 4.69) is 25.6 Å². The number of nitrogens with one attached hydrogen (secondary N) is 2. The largest absolute Gasteiger partial charge is 0.497 e. The highest BCUT2D eigenvalue weighted by molar-refractivity contribution is 6.04. The molecule has 3 aromatic rings. The van der Waals surface area contributed by atoms with E-state index in [4.69, 9.17) is 9.26 Å². The molecule has 0 aliphatic carbocycles. The lowest BCUT2D eigenvalue weighted by Gasteiger charge is -2.32. The third-order valence-electron chi connectivity index (χ3n) is 5.25. The molecular formula is C21H25N5O3. The average Bonchev–Trinajstić information content (AvgIpc) is 3.37. The van der Waals surface area contributed by atoms with Crippen LogP contribution in [0.15, 0.2) is 41.1 Å². The first-order chi connectivity index (χ1) is 14.1. The number of benzene rings is 1. The van der Waals surface area contributed by atoms with E-state index in [1.807, 2.05) is 13.0 Å². The van der Waals surface area contributed by atoms with Crippen LogP contribution in [0.5, 0.6) is 5.75 Å². The third kappa shape index (κ3) is 4.48. The summed E-state index contributed by atoms with van der Waals surface area (Å²) in [6.07, 6.45) is 3.80. The average molecular weight is 395 g/mol. The van der Waals surface area contributed by atoms with Crippen LogP contribution in [0, 0.1) is 6.92 Å². The number of H-pyrrole nitrogens is 1. The molecule has 0 unspecified atom stereocenters. The Kier molecular flexibility index (Phi) is 5.62. The SMILES string of the molecule is COc1ccc(C(=O)Nc2cn[nH]c2[C@@H]2CCCN(Cc3cc(C)on3)C2)cc1. The molecule has 3 heterocycles. The number of amides is 1. The summed E-state index contributed by atoms with van der Waals surface area (Å²) in [5.41, 5.74) is 3.22. The minimum atomic E-state index is -0.166. The van der Waals surface area contributed by atoms with Crippen molar-refractivity contribution in [2.45, 2.75) is 32.2 Å². The van der Waals surface area contributed by atoms with Gasteiger partial charge in [0.25, 0.3) is 5.91 Å². The molecule has 8 nitrogen and oxygen atoms in total. The van der Waals surface area contributed by atoms with Crippen molar-refractivity contribution in [3.63, 3.8) is 0 Å². The van der Waals surface area contributed by atoms with Gasteiger partial charge in [-0.15, -0.1) is 0 Å². The Hall–Kier alpha value is -3.13. The molecule has 0 spiro atoms. The van der Waals surface area contributed by atoms with Crippen LogP contribution in [0.4, 0.5) is 5.69 Å². The summed E-state index contributed by atoms with van der Waals surface area (Å²) >= 11 is 0. The number of hydrogen-bond acceptors (Lipinski definition) is 6. The number of carbonyl (C=O) groups excluding carboxylic acids is 1. The molecule has 0 radical (unpaired) electrons. The van der Waals surface area contributed by atoms with Crippen molar-refractivity contribution in [1.29, 1.82) is 0 Å². The maximum absolute atomic E-state index is 12.6. The van der Waals surface area contributed by atoms with Crippen molar-refractivity contribution in [2.24, 2.45) is 0 Å². The fourth-order valence-corrected chi connectivity index (χ4v) is 3.80. The number of nitrogens with zero attached hydrogens (tertiary/aromatic N) is 3. The van der Waals surface area contributed by atoms with Gasteiger partial charge in [0.2, 0.25) is 0 Å². The zero-order valence-corrected chi connectivity index (χ0v) is 16.6. The van der Waals surface area contributed by atoms with Gasteiger partial charge in [-0.25, -0.2) is 0 Å². The second kappa shape index (κ2) is 8.48. The van der Waals surface area contributed by atoms with Gasteiger partial charge < -0.3 is 14.6 Å². The quantitative estimate of drug-likeness (QED) is 0.664. The van der Waals surface area contributed by atoms with E-state index in [1.54, 1.807) is 37.6 Å². The minimum absolute atomic E-state index is 0.166. The maximum Gasteiger partial charge on any atom is 0.255 e. The molecule has 1 aliphatic heterocycles. The fourth-order valence-electron chi connectivity index (χ4n) is 3.80. The number of piperidine rings is 1. The molecule has 2 N–H and O–H groups in total. The van der Waals surface area contributed by atoms with Gasteiger partial charge in [0.05, 0.1) is 30.4 Å². The Morgan fingerprint density at radius 2 is 2.21 bits per heavy atom. The Morgan fingerprint density at radius 3 is 2.93 bits per heavy atom. The van der Waals surface area contributed by atoms with Crippen LogP contribution in [-0.2, 0) is 6.54 Å². The van der Waals surface area contributed by atoms with Gasteiger partial charge in [-0.1, -0.05) is 5.16 Å². The van der Waals surface area contributed by atoms with Crippen LogP contribution < -0.4 is 10.1 Å². The summed E-state index contributed by atoms with van der Waals surface area (Å²) in [6, 6.07) is 9.01. The summed E-state index contributed by atoms with van der Waals surface area (Å²) in [5, 5.41) is 14.4. The van der Waals surface area contributed by atoms with E-state index < -0.39 is 0 Å². The van der Waals surface area contributed by atoms with Gasteiger partial charge in [0.15, 0.2) is 0 Å². The number of aryl methyl sites for hydroxylation is 1. The zero-order chi connectivity index (χ0) is 20.2. The molecular weight excluding hydrogens is 370 g/mol. The highest BCUT2D eigenvalue weighted by atomic mass is 16.5. The van der Waals surface area contributed by atoms with Gasteiger partial charge in [-0.3, -0.25) is 14.8 Å². The number of likely N-dealkylation sites (tertiary alicyclic amines) is 1. The molecule has 4 rings (SSSR count).